The van der Waals surface area contributed by atoms with Crippen molar-refractivity contribution in [1.29, 1.82) is 0 Å². The van der Waals surface area contributed by atoms with Crippen LogP contribution in [0.25, 0.3) is 0 Å². The number of aliphatic hydroxyl groups excluding tert-OH is 1. The lowest BCUT2D eigenvalue weighted by Gasteiger charge is -2.20. The zero-order valence-corrected chi connectivity index (χ0v) is 9.74. The number of fused-ring (bicyclic) bond motifs is 1. The number of ether oxygens (including phenoxy) is 2. The number of aliphatic hydroxyl groups is 1. The number of hydrogen-bond acceptors (Lipinski definition) is 4. The SMILES string of the molecule is OCC1(NCc2ccc3c(c2)OCCO3)CC1. The molecule has 92 valence electrons. The molecule has 3 rings (SSSR count). The van der Waals surface area contributed by atoms with Crippen molar-refractivity contribution < 1.29 is 14.6 Å². The maximum Gasteiger partial charge on any atom is 0.161 e. The van der Waals surface area contributed by atoms with Crippen LogP contribution in [0.15, 0.2) is 18.2 Å². The molecular formula is C13H17NO3. The lowest BCUT2D eigenvalue weighted by Crippen LogP contribution is -2.34. The minimum atomic E-state index is -0.0206. The molecule has 17 heavy (non-hydrogen) atoms. The topological polar surface area (TPSA) is 50.7 Å². The van der Waals surface area contributed by atoms with Crippen LogP contribution >= 0.6 is 0 Å². The minimum absolute atomic E-state index is 0.0206. The van der Waals surface area contributed by atoms with Crippen LogP contribution in [0.4, 0.5) is 0 Å². The quantitative estimate of drug-likeness (QED) is 0.819. The van der Waals surface area contributed by atoms with Crippen molar-refractivity contribution >= 4 is 0 Å². The highest BCUT2D eigenvalue weighted by Gasteiger charge is 2.41. The van der Waals surface area contributed by atoms with Gasteiger partial charge >= 0.3 is 0 Å². The molecule has 0 unspecified atom stereocenters. The van der Waals surface area contributed by atoms with Crippen LogP contribution in [-0.4, -0.2) is 30.5 Å². The Labute approximate surface area is 101 Å². The summed E-state index contributed by atoms with van der Waals surface area (Å²) in [7, 11) is 0. The molecule has 1 saturated carbocycles. The van der Waals surface area contributed by atoms with Gasteiger partial charge in [0.15, 0.2) is 11.5 Å². The molecule has 0 radical (unpaired) electrons. The summed E-state index contributed by atoms with van der Waals surface area (Å²) < 4.78 is 11.0. The van der Waals surface area contributed by atoms with E-state index < -0.39 is 0 Å². The molecule has 1 aliphatic heterocycles. The Morgan fingerprint density at radius 2 is 1.94 bits per heavy atom. The van der Waals surface area contributed by atoms with Gasteiger partial charge in [0.2, 0.25) is 0 Å². The molecular weight excluding hydrogens is 218 g/mol. The van der Waals surface area contributed by atoms with Gasteiger partial charge in [0.1, 0.15) is 13.2 Å². The Hall–Kier alpha value is -1.26. The van der Waals surface area contributed by atoms with Gasteiger partial charge in [-0.15, -0.1) is 0 Å². The lowest BCUT2D eigenvalue weighted by molar-refractivity contribution is 0.171. The maximum atomic E-state index is 9.22. The molecule has 1 aromatic carbocycles. The Morgan fingerprint density at radius 1 is 1.18 bits per heavy atom. The first-order chi connectivity index (χ1) is 8.31. The van der Waals surface area contributed by atoms with Gasteiger partial charge < -0.3 is 19.9 Å². The zero-order valence-electron chi connectivity index (χ0n) is 9.74. The maximum absolute atomic E-state index is 9.22. The van der Waals surface area contributed by atoms with Crippen LogP contribution in [0, 0.1) is 0 Å². The molecule has 0 atom stereocenters. The molecule has 2 N–H and O–H groups in total. The number of rotatable bonds is 4. The van der Waals surface area contributed by atoms with Gasteiger partial charge in [-0.1, -0.05) is 6.07 Å². The van der Waals surface area contributed by atoms with Crippen molar-refractivity contribution in [2.45, 2.75) is 24.9 Å². The molecule has 1 heterocycles. The van der Waals surface area contributed by atoms with Crippen molar-refractivity contribution in [2.75, 3.05) is 19.8 Å². The van der Waals surface area contributed by atoms with E-state index in [4.69, 9.17) is 9.47 Å². The van der Waals surface area contributed by atoms with E-state index in [0.29, 0.717) is 13.2 Å². The molecule has 2 aliphatic rings. The monoisotopic (exact) mass is 235 g/mol. The van der Waals surface area contributed by atoms with E-state index in [9.17, 15) is 5.11 Å². The second kappa shape index (κ2) is 4.20. The fourth-order valence-electron chi connectivity index (χ4n) is 2.03. The fourth-order valence-corrected chi connectivity index (χ4v) is 2.03. The highest BCUT2D eigenvalue weighted by Crippen LogP contribution is 2.35. The first-order valence-electron chi connectivity index (χ1n) is 6.06. The summed E-state index contributed by atoms with van der Waals surface area (Å²) >= 11 is 0. The third kappa shape index (κ3) is 2.23. The Bertz CT molecular complexity index is 415. The van der Waals surface area contributed by atoms with Crippen LogP contribution in [0.2, 0.25) is 0 Å². The number of nitrogens with one attached hydrogen (secondary N) is 1. The normalized spacial score (nSPS) is 20.1. The number of hydrogen-bond donors (Lipinski definition) is 2. The molecule has 0 aromatic heterocycles. The average molecular weight is 235 g/mol. The number of benzene rings is 1. The second-order valence-corrected chi connectivity index (χ2v) is 4.77. The molecule has 1 aromatic rings. The van der Waals surface area contributed by atoms with E-state index in [1.54, 1.807) is 0 Å². The zero-order chi connectivity index (χ0) is 11.7. The van der Waals surface area contributed by atoms with Crippen molar-refractivity contribution in [2.24, 2.45) is 0 Å². The summed E-state index contributed by atoms with van der Waals surface area (Å²) in [5.74, 6) is 1.65. The van der Waals surface area contributed by atoms with E-state index >= 15 is 0 Å². The molecule has 4 nitrogen and oxygen atoms in total. The van der Waals surface area contributed by atoms with Crippen molar-refractivity contribution in [3.8, 4) is 11.5 Å². The third-order valence-corrected chi connectivity index (χ3v) is 3.43. The largest absolute Gasteiger partial charge is 0.486 e. The summed E-state index contributed by atoms with van der Waals surface area (Å²) in [4.78, 5) is 0. The minimum Gasteiger partial charge on any atom is -0.486 e. The first-order valence-corrected chi connectivity index (χ1v) is 6.06. The third-order valence-electron chi connectivity index (χ3n) is 3.43. The van der Waals surface area contributed by atoms with Crippen molar-refractivity contribution in [3.63, 3.8) is 0 Å². The fraction of sp³-hybridized carbons (Fsp3) is 0.538. The summed E-state index contributed by atoms with van der Waals surface area (Å²) in [5, 5.41) is 12.6. The van der Waals surface area contributed by atoms with E-state index in [2.05, 4.69) is 5.32 Å². The van der Waals surface area contributed by atoms with E-state index in [-0.39, 0.29) is 12.1 Å². The van der Waals surface area contributed by atoms with Crippen molar-refractivity contribution in [3.05, 3.63) is 23.8 Å². The standard InChI is InChI=1S/C13H17NO3/c15-9-13(3-4-13)14-8-10-1-2-11-12(7-10)17-6-5-16-11/h1-2,7,14-15H,3-6,8-9H2. The van der Waals surface area contributed by atoms with Gasteiger partial charge in [-0.05, 0) is 30.5 Å². The average Bonchev–Trinajstić information content (AvgIpc) is 3.17. The smallest absolute Gasteiger partial charge is 0.161 e. The Balaban J connectivity index is 1.67. The van der Waals surface area contributed by atoms with E-state index in [1.807, 2.05) is 18.2 Å². The highest BCUT2D eigenvalue weighted by atomic mass is 16.6. The van der Waals surface area contributed by atoms with Crippen LogP contribution in [0.3, 0.4) is 0 Å². The lowest BCUT2D eigenvalue weighted by atomic mass is 10.1. The van der Waals surface area contributed by atoms with Crippen molar-refractivity contribution in [1.82, 2.24) is 5.32 Å². The molecule has 4 heteroatoms. The van der Waals surface area contributed by atoms with Gasteiger partial charge in [-0.25, -0.2) is 0 Å². The van der Waals surface area contributed by atoms with E-state index in [0.717, 1.165) is 36.4 Å². The van der Waals surface area contributed by atoms with Gasteiger partial charge in [0.25, 0.3) is 0 Å². The molecule has 1 aliphatic carbocycles. The summed E-state index contributed by atoms with van der Waals surface area (Å²) in [6, 6.07) is 5.99. The first kappa shape index (κ1) is 10.9. The van der Waals surface area contributed by atoms with Crippen LogP contribution in [0.1, 0.15) is 18.4 Å². The van der Waals surface area contributed by atoms with Crippen LogP contribution < -0.4 is 14.8 Å². The Kier molecular flexibility index (Phi) is 2.68. The van der Waals surface area contributed by atoms with E-state index in [1.165, 1.54) is 0 Å². The summed E-state index contributed by atoms with van der Waals surface area (Å²) in [6.45, 7) is 2.22. The van der Waals surface area contributed by atoms with Gasteiger partial charge in [-0.3, -0.25) is 0 Å². The van der Waals surface area contributed by atoms with Crippen LogP contribution in [-0.2, 0) is 6.54 Å². The summed E-state index contributed by atoms with van der Waals surface area (Å²) in [5.41, 5.74) is 1.14. The molecule has 0 saturated heterocycles. The molecule has 0 bridgehead atoms. The molecule has 0 spiro atoms. The second-order valence-electron chi connectivity index (χ2n) is 4.77. The predicted molar refractivity (Wildman–Crippen MR) is 63.3 cm³/mol. The summed E-state index contributed by atoms with van der Waals surface area (Å²) in [6.07, 6.45) is 2.13. The molecule has 1 fully saturated rings. The highest BCUT2D eigenvalue weighted by molar-refractivity contribution is 5.43. The Morgan fingerprint density at radius 3 is 2.65 bits per heavy atom. The van der Waals surface area contributed by atoms with Gasteiger partial charge in [0, 0.05) is 12.1 Å². The predicted octanol–water partition coefficient (Wildman–Crippen LogP) is 1.07. The van der Waals surface area contributed by atoms with Gasteiger partial charge in [-0.2, -0.15) is 0 Å². The van der Waals surface area contributed by atoms with Crippen LogP contribution in [0.5, 0.6) is 11.5 Å². The van der Waals surface area contributed by atoms with Gasteiger partial charge in [0.05, 0.1) is 6.61 Å². The molecule has 0 amide bonds.